The fraction of sp³-hybridized carbons (Fsp3) is 0.185. The molecular formula is C27H23ClFNO5. The number of Topliss-reactive ketones (excluding diaryl/α,β-unsaturated/α-hetero) is 1. The van der Waals surface area contributed by atoms with Crippen molar-refractivity contribution in [3.8, 4) is 11.5 Å². The van der Waals surface area contributed by atoms with Crippen LogP contribution >= 0.6 is 11.6 Å². The van der Waals surface area contributed by atoms with Gasteiger partial charge in [-0.1, -0.05) is 23.7 Å². The molecule has 1 unspecified atom stereocenters. The van der Waals surface area contributed by atoms with Gasteiger partial charge in [0.15, 0.2) is 11.5 Å². The van der Waals surface area contributed by atoms with Crippen molar-refractivity contribution in [2.75, 3.05) is 11.5 Å². The van der Waals surface area contributed by atoms with Crippen molar-refractivity contribution in [1.82, 2.24) is 0 Å². The van der Waals surface area contributed by atoms with Gasteiger partial charge >= 0.3 is 0 Å². The van der Waals surface area contributed by atoms with Gasteiger partial charge in [-0.05, 0) is 79.9 Å². The summed E-state index contributed by atoms with van der Waals surface area (Å²) in [6.45, 7) is 5.34. The second-order valence-corrected chi connectivity index (χ2v) is 8.66. The van der Waals surface area contributed by atoms with Crippen LogP contribution in [0.3, 0.4) is 0 Å². The maximum absolute atomic E-state index is 13.9. The van der Waals surface area contributed by atoms with Crippen molar-refractivity contribution in [3.63, 3.8) is 0 Å². The number of anilines is 1. The zero-order valence-electron chi connectivity index (χ0n) is 19.3. The Bertz CT molecular complexity index is 1380. The molecule has 1 aliphatic heterocycles. The monoisotopic (exact) mass is 495 g/mol. The van der Waals surface area contributed by atoms with E-state index >= 15 is 0 Å². The Labute approximate surface area is 206 Å². The quantitative estimate of drug-likeness (QED) is 0.264. The molecule has 3 aromatic rings. The number of nitrogens with zero attached hydrogens (tertiary/aromatic N) is 1. The average Bonchev–Trinajstić information content (AvgIpc) is 3.09. The summed E-state index contributed by atoms with van der Waals surface area (Å²) in [6, 6.07) is 12.3. The molecule has 0 bridgehead atoms. The fourth-order valence-corrected chi connectivity index (χ4v) is 4.32. The van der Waals surface area contributed by atoms with Crippen molar-refractivity contribution in [2.45, 2.75) is 26.8 Å². The predicted octanol–water partition coefficient (Wildman–Crippen LogP) is 5.83. The Kier molecular flexibility index (Phi) is 6.54. The summed E-state index contributed by atoms with van der Waals surface area (Å²) in [6.07, 6.45) is 0. The molecular weight excluding hydrogens is 473 g/mol. The number of hydrogen-bond acceptors (Lipinski definition) is 5. The topological polar surface area (TPSA) is 87.1 Å². The minimum atomic E-state index is -1.06. The number of ketones is 1. The molecule has 0 spiro atoms. The molecule has 0 saturated carbocycles. The zero-order chi connectivity index (χ0) is 25.4. The number of benzene rings is 3. The van der Waals surface area contributed by atoms with E-state index in [9.17, 15) is 24.2 Å². The van der Waals surface area contributed by atoms with Crippen molar-refractivity contribution in [3.05, 3.63) is 93.3 Å². The molecule has 1 atom stereocenters. The molecule has 1 amide bonds. The van der Waals surface area contributed by atoms with Crippen molar-refractivity contribution < 1.29 is 28.9 Å². The number of halogens is 2. The molecule has 3 aromatic carbocycles. The molecule has 6 nitrogen and oxygen atoms in total. The summed E-state index contributed by atoms with van der Waals surface area (Å²) in [5, 5.41) is 21.8. The zero-order valence-corrected chi connectivity index (χ0v) is 20.1. The van der Waals surface area contributed by atoms with Crippen LogP contribution in [0.5, 0.6) is 11.5 Å². The van der Waals surface area contributed by atoms with E-state index in [1.165, 1.54) is 42.2 Å². The van der Waals surface area contributed by atoms with Gasteiger partial charge < -0.3 is 14.9 Å². The highest BCUT2D eigenvalue weighted by Gasteiger charge is 2.47. The molecule has 0 radical (unpaired) electrons. The van der Waals surface area contributed by atoms with E-state index in [1.54, 1.807) is 38.1 Å². The predicted molar refractivity (Wildman–Crippen MR) is 131 cm³/mol. The minimum absolute atomic E-state index is 0.111. The SMILES string of the molecule is CCOc1cc(C2/C(=C(\O)c3ccc(F)c(C)c3)C(=O)C(=O)N2c2cc(Cl)ccc2C)ccc1O. The maximum atomic E-state index is 13.9. The first-order valence-corrected chi connectivity index (χ1v) is 11.3. The normalized spacial score (nSPS) is 17.2. The lowest BCUT2D eigenvalue weighted by Crippen LogP contribution is -2.30. The first kappa shape index (κ1) is 24.3. The van der Waals surface area contributed by atoms with Crippen LogP contribution in [0.2, 0.25) is 5.02 Å². The standard InChI is InChI=1S/C27H23ClFNO5/c1-4-35-22-12-16(7-10-21(22)31)24-23(25(32)17-6-9-19(29)15(3)11-17)26(33)27(34)30(24)20-13-18(28)8-5-14(20)2/h5-13,24,31-32H,4H2,1-3H3/b25-23+. The number of aliphatic hydroxyl groups is 1. The number of aromatic hydroxyl groups is 1. The van der Waals surface area contributed by atoms with Crippen LogP contribution in [0, 0.1) is 19.7 Å². The first-order valence-electron chi connectivity index (χ1n) is 10.9. The van der Waals surface area contributed by atoms with Crippen LogP contribution in [0.25, 0.3) is 5.76 Å². The molecule has 4 rings (SSSR count). The number of hydrogen-bond donors (Lipinski definition) is 2. The van der Waals surface area contributed by atoms with Crippen LogP contribution < -0.4 is 9.64 Å². The summed E-state index contributed by atoms with van der Waals surface area (Å²) in [4.78, 5) is 27.9. The van der Waals surface area contributed by atoms with E-state index in [-0.39, 0.29) is 34.8 Å². The third kappa shape index (κ3) is 4.35. The largest absolute Gasteiger partial charge is 0.507 e. The van der Waals surface area contributed by atoms with E-state index in [0.29, 0.717) is 21.8 Å². The molecule has 0 aromatic heterocycles. The van der Waals surface area contributed by atoms with Crippen molar-refractivity contribution in [1.29, 1.82) is 0 Å². The number of carbonyl (C=O) groups excluding carboxylic acids is 2. The fourth-order valence-electron chi connectivity index (χ4n) is 4.16. The molecule has 2 N–H and O–H groups in total. The van der Waals surface area contributed by atoms with E-state index < -0.39 is 29.3 Å². The third-order valence-electron chi connectivity index (χ3n) is 5.91. The Morgan fingerprint density at radius 2 is 1.80 bits per heavy atom. The molecule has 0 aliphatic carbocycles. The van der Waals surface area contributed by atoms with Gasteiger partial charge in [0.05, 0.1) is 18.2 Å². The third-order valence-corrected chi connectivity index (χ3v) is 6.14. The number of aliphatic hydroxyl groups excluding tert-OH is 1. The number of phenolic OH excluding ortho intramolecular Hbond substituents is 1. The number of aryl methyl sites for hydroxylation is 2. The number of phenols is 1. The maximum Gasteiger partial charge on any atom is 0.300 e. The average molecular weight is 496 g/mol. The molecule has 1 aliphatic rings. The second-order valence-electron chi connectivity index (χ2n) is 8.22. The van der Waals surface area contributed by atoms with Crippen LogP contribution in [-0.4, -0.2) is 28.5 Å². The Morgan fingerprint density at radius 1 is 1.06 bits per heavy atom. The van der Waals surface area contributed by atoms with Gasteiger partial charge in [-0.25, -0.2) is 4.39 Å². The van der Waals surface area contributed by atoms with E-state index in [2.05, 4.69) is 0 Å². The number of carbonyl (C=O) groups is 2. The lowest BCUT2D eigenvalue weighted by molar-refractivity contribution is -0.132. The number of rotatable bonds is 5. The van der Waals surface area contributed by atoms with Gasteiger partial charge in [-0.2, -0.15) is 0 Å². The molecule has 35 heavy (non-hydrogen) atoms. The van der Waals surface area contributed by atoms with Gasteiger partial charge in [0.25, 0.3) is 11.7 Å². The summed E-state index contributed by atoms with van der Waals surface area (Å²) in [7, 11) is 0. The summed E-state index contributed by atoms with van der Waals surface area (Å²) in [5.74, 6) is -2.61. The number of ether oxygens (including phenoxy) is 1. The van der Waals surface area contributed by atoms with Crippen molar-refractivity contribution in [2.24, 2.45) is 0 Å². The van der Waals surface area contributed by atoms with Gasteiger partial charge in [-0.15, -0.1) is 0 Å². The van der Waals surface area contributed by atoms with Gasteiger partial charge in [0.2, 0.25) is 0 Å². The van der Waals surface area contributed by atoms with Gasteiger partial charge in [0.1, 0.15) is 11.6 Å². The Morgan fingerprint density at radius 3 is 2.49 bits per heavy atom. The molecule has 1 heterocycles. The minimum Gasteiger partial charge on any atom is -0.507 e. The highest BCUT2D eigenvalue weighted by Crippen LogP contribution is 2.45. The van der Waals surface area contributed by atoms with E-state index in [4.69, 9.17) is 16.3 Å². The Hall–Kier alpha value is -3.84. The highest BCUT2D eigenvalue weighted by molar-refractivity contribution is 6.52. The number of amides is 1. The first-order chi connectivity index (χ1) is 16.6. The van der Waals surface area contributed by atoms with E-state index in [1.807, 2.05) is 0 Å². The van der Waals surface area contributed by atoms with Crippen LogP contribution in [0.4, 0.5) is 10.1 Å². The highest BCUT2D eigenvalue weighted by atomic mass is 35.5. The smallest absolute Gasteiger partial charge is 0.300 e. The Balaban J connectivity index is 2.00. The summed E-state index contributed by atoms with van der Waals surface area (Å²) < 4.78 is 19.4. The van der Waals surface area contributed by atoms with Crippen LogP contribution in [0.15, 0.2) is 60.2 Å². The van der Waals surface area contributed by atoms with Gasteiger partial charge in [0, 0.05) is 16.3 Å². The van der Waals surface area contributed by atoms with Crippen molar-refractivity contribution >= 4 is 34.7 Å². The summed E-state index contributed by atoms with van der Waals surface area (Å²) in [5.41, 5.74) is 1.79. The van der Waals surface area contributed by atoms with Crippen LogP contribution in [0.1, 0.15) is 35.2 Å². The second kappa shape index (κ2) is 9.43. The lowest BCUT2D eigenvalue weighted by Gasteiger charge is -2.27. The van der Waals surface area contributed by atoms with Gasteiger partial charge in [-0.3, -0.25) is 14.5 Å². The molecule has 1 fully saturated rings. The van der Waals surface area contributed by atoms with E-state index in [0.717, 1.165) is 0 Å². The lowest BCUT2D eigenvalue weighted by atomic mass is 9.94. The molecule has 1 saturated heterocycles. The molecule has 180 valence electrons. The van der Waals surface area contributed by atoms with Crippen LogP contribution in [-0.2, 0) is 9.59 Å². The summed E-state index contributed by atoms with van der Waals surface area (Å²) >= 11 is 6.21. The molecule has 8 heteroatoms.